The highest BCUT2D eigenvalue weighted by atomic mass is 14.5. The molecule has 0 aliphatic heterocycles. The van der Waals surface area contributed by atoms with E-state index in [4.69, 9.17) is 0 Å². The summed E-state index contributed by atoms with van der Waals surface area (Å²) in [5, 5.41) is 0. The molecule has 3 unspecified atom stereocenters. The molecule has 0 aromatic rings. The van der Waals surface area contributed by atoms with Gasteiger partial charge < -0.3 is 0 Å². The molecule has 1 aliphatic carbocycles. The third-order valence-corrected chi connectivity index (χ3v) is 4.73. The second-order valence-corrected chi connectivity index (χ2v) is 5.54. The highest BCUT2D eigenvalue weighted by molar-refractivity contribution is 4.92. The van der Waals surface area contributed by atoms with Crippen LogP contribution in [0.1, 0.15) is 60.3 Å². The Morgan fingerprint density at radius 1 is 1.31 bits per heavy atom. The van der Waals surface area contributed by atoms with E-state index < -0.39 is 0 Å². The van der Waals surface area contributed by atoms with Gasteiger partial charge >= 0.3 is 0 Å². The summed E-state index contributed by atoms with van der Waals surface area (Å²) >= 11 is 0. The van der Waals surface area contributed by atoms with E-state index in [1.807, 2.05) is 0 Å². The minimum atomic E-state index is 0.634. The number of hydrogen-bond acceptors (Lipinski definition) is 0. The average Bonchev–Trinajstić information content (AvgIpc) is 2.47. The Labute approximate surface area is 84.1 Å². The van der Waals surface area contributed by atoms with Crippen LogP contribution in [0.3, 0.4) is 0 Å². The van der Waals surface area contributed by atoms with Gasteiger partial charge in [0.2, 0.25) is 0 Å². The maximum atomic E-state index is 2.52. The molecule has 78 valence electrons. The van der Waals surface area contributed by atoms with Gasteiger partial charge in [0.1, 0.15) is 0 Å². The minimum Gasteiger partial charge on any atom is -0.0651 e. The van der Waals surface area contributed by atoms with E-state index in [1.165, 1.54) is 25.7 Å². The summed E-state index contributed by atoms with van der Waals surface area (Å²) < 4.78 is 0. The Bertz CT molecular complexity index is 159. The topological polar surface area (TPSA) is 0 Å². The first-order chi connectivity index (χ1) is 6.02. The molecule has 13 heavy (non-hydrogen) atoms. The van der Waals surface area contributed by atoms with Crippen molar-refractivity contribution >= 4 is 0 Å². The monoisotopic (exact) mass is 182 g/mol. The molecule has 0 N–H and O–H groups in total. The molecule has 0 bridgehead atoms. The van der Waals surface area contributed by atoms with Crippen LogP contribution in [-0.4, -0.2) is 0 Å². The zero-order valence-electron chi connectivity index (χ0n) is 10.1. The molecule has 0 spiro atoms. The van der Waals surface area contributed by atoms with Crippen LogP contribution in [0.4, 0.5) is 0 Å². The molecule has 0 aromatic heterocycles. The Morgan fingerprint density at radius 2 is 1.92 bits per heavy atom. The van der Waals surface area contributed by atoms with Gasteiger partial charge in [-0.25, -0.2) is 0 Å². The van der Waals surface area contributed by atoms with Gasteiger partial charge in [0.05, 0.1) is 0 Å². The van der Waals surface area contributed by atoms with E-state index in [1.54, 1.807) is 0 Å². The second-order valence-electron chi connectivity index (χ2n) is 5.54. The van der Waals surface area contributed by atoms with E-state index in [-0.39, 0.29) is 0 Å². The Kier molecular flexibility index (Phi) is 3.43. The van der Waals surface area contributed by atoms with Crippen molar-refractivity contribution in [3.63, 3.8) is 0 Å². The van der Waals surface area contributed by atoms with E-state index in [0.717, 1.165) is 17.8 Å². The second kappa shape index (κ2) is 4.02. The highest BCUT2D eigenvalue weighted by Crippen LogP contribution is 2.51. The predicted octanol–water partition coefficient (Wildman–Crippen LogP) is 4.49. The molecule has 0 amide bonds. The zero-order valence-corrected chi connectivity index (χ0v) is 10.1. The lowest BCUT2D eigenvalue weighted by Crippen LogP contribution is -2.31. The number of rotatable bonds is 3. The van der Waals surface area contributed by atoms with Crippen molar-refractivity contribution in [2.45, 2.75) is 60.3 Å². The van der Waals surface area contributed by atoms with Crippen LogP contribution in [0, 0.1) is 23.2 Å². The van der Waals surface area contributed by atoms with Crippen LogP contribution in [0.2, 0.25) is 0 Å². The smallest absolute Gasteiger partial charge is 0.0272 e. The highest BCUT2D eigenvalue weighted by Gasteiger charge is 2.42. The summed E-state index contributed by atoms with van der Waals surface area (Å²) in [5.74, 6) is 2.77. The number of hydrogen-bond donors (Lipinski definition) is 0. The molecule has 1 rings (SSSR count). The first-order valence-corrected chi connectivity index (χ1v) is 6.02. The van der Waals surface area contributed by atoms with E-state index in [2.05, 4.69) is 34.6 Å². The summed E-state index contributed by atoms with van der Waals surface area (Å²) in [5.41, 5.74) is 0.634. The quantitative estimate of drug-likeness (QED) is 0.603. The zero-order chi connectivity index (χ0) is 10.1. The standard InChI is InChI=1S/C13H26/c1-6-11(4)12-8-7-9-13(12,5)10(2)3/h10-12H,6-9H2,1-5H3. The Morgan fingerprint density at radius 3 is 2.38 bits per heavy atom. The SMILES string of the molecule is CCC(C)C1CCCC1(C)C(C)C. The maximum absolute atomic E-state index is 2.52. The van der Waals surface area contributed by atoms with E-state index in [9.17, 15) is 0 Å². The van der Waals surface area contributed by atoms with Crippen molar-refractivity contribution in [2.24, 2.45) is 23.2 Å². The molecule has 0 nitrogen and oxygen atoms in total. The summed E-state index contributed by atoms with van der Waals surface area (Å²) in [6.07, 6.45) is 5.75. The van der Waals surface area contributed by atoms with Crippen molar-refractivity contribution in [3.05, 3.63) is 0 Å². The van der Waals surface area contributed by atoms with Gasteiger partial charge in [0, 0.05) is 0 Å². The maximum Gasteiger partial charge on any atom is -0.0272 e. The van der Waals surface area contributed by atoms with Crippen LogP contribution < -0.4 is 0 Å². The fourth-order valence-electron chi connectivity index (χ4n) is 3.15. The summed E-state index contributed by atoms with van der Waals surface area (Å²) in [4.78, 5) is 0. The van der Waals surface area contributed by atoms with Gasteiger partial charge in [-0.05, 0) is 36.0 Å². The lowest BCUT2D eigenvalue weighted by molar-refractivity contribution is 0.103. The molecule has 0 heterocycles. The first-order valence-electron chi connectivity index (χ1n) is 6.02. The van der Waals surface area contributed by atoms with Gasteiger partial charge in [-0.1, -0.05) is 47.5 Å². The Balaban J connectivity index is 2.73. The van der Waals surface area contributed by atoms with E-state index in [0.29, 0.717) is 5.41 Å². The molecule has 0 radical (unpaired) electrons. The van der Waals surface area contributed by atoms with Crippen LogP contribution in [0.25, 0.3) is 0 Å². The van der Waals surface area contributed by atoms with Crippen LogP contribution in [0.15, 0.2) is 0 Å². The lowest BCUT2D eigenvalue weighted by Gasteiger charge is -2.39. The molecule has 3 atom stereocenters. The summed E-state index contributed by atoms with van der Waals surface area (Å²) in [6, 6.07) is 0. The molecule has 0 saturated heterocycles. The van der Waals surface area contributed by atoms with Crippen molar-refractivity contribution < 1.29 is 0 Å². The average molecular weight is 182 g/mol. The van der Waals surface area contributed by atoms with Crippen LogP contribution >= 0.6 is 0 Å². The van der Waals surface area contributed by atoms with Gasteiger partial charge in [0.15, 0.2) is 0 Å². The molecule has 0 aromatic carbocycles. The van der Waals surface area contributed by atoms with Gasteiger partial charge in [0.25, 0.3) is 0 Å². The molecular formula is C13H26. The molecule has 1 fully saturated rings. The largest absolute Gasteiger partial charge is 0.0651 e. The fraction of sp³-hybridized carbons (Fsp3) is 1.00. The lowest BCUT2D eigenvalue weighted by atomic mass is 9.66. The molecule has 1 aliphatic rings. The van der Waals surface area contributed by atoms with Crippen molar-refractivity contribution in [1.82, 2.24) is 0 Å². The van der Waals surface area contributed by atoms with Crippen LogP contribution in [0.5, 0.6) is 0 Å². The fourth-order valence-corrected chi connectivity index (χ4v) is 3.15. The minimum absolute atomic E-state index is 0.634. The Hall–Kier alpha value is 0. The summed E-state index contributed by atoms with van der Waals surface area (Å²) in [7, 11) is 0. The van der Waals surface area contributed by atoms with Gasteiger partial charge in [-0.2, -0.15) is 0 Å². The third kappa shape index (κ3) is 1.92. The summed E-state index contributed by atoms with van der Waals surface area (Å²) in [6.45, 7) is 12.1. The molecular weight excluding hydrogens is 156 g/mol. The van der Waals surface area contributed by atoms with E-state index >= 15 is 0 Å². The van der Waals surface area contributed by atoms with Crippen molar-refractivity contribution in [1.29, 1.82) is 0 Å². The predicted molar refractivity (Wildman–Crippen MR) is 59.7 cm³/mol. The normalized spacial score (nSPS) is 36.9. The van der Waals surface area contributed by atoms with Crippen LogP contribution in [-0.2, 0) is 0 Å². The van der Waals surface area contributed by atoms with Gasteiger partial charge in [-0.15, -0.1) is 0 Å². The van der Waals surface area contributed by atoms with Gasteiger partial charge in [-0.3, -0.25) is 0 Å². The van der Waals surface area contributed by atoms with Crippen molar-refractivity contribution in [3.8, 4) is 0 Å². The molecule has 1 saturated carbocycles. The molecule has 0 heteroatoms. The first kappa shape index (κ1) is 11.1. The third-order valence-electron chi connectivity index (χ3n) is 4.73. The van der Waals surface area contributed by atoms with Crippen molar-refractivity contribution in [2.75, 3.05) is 0 Å².